The lowest BCUT2D eigenvalue weighted by atomic mass is 10.3. The first-order valence-electron chi connectivity index (χ1n) is 4.69. The van der Waals surface area contributed by atoms with E-state index in [2.05, 4.69) is 0 Å². The number of carbonyl (C=O) groups is 1. The minimum absolute atomic E-state index is 0.0438. The van der Waals surface area contributed by atoms with Crippen LogP contribution >= 0.6 is 11.6 Å². The predicted molar refractivity (Wildman–Crippen MR) is 57.7 cm³/mol. The second-order valence-corrected chi connectivity index (χ2v) is 3.80. The maximum absolute atomic E-state index is 13.1. The Balaban J connectivity index is 2.54. The Morgan fingerprint density at radius 3 is 2.88 bits per heavy atom. The lowest BCUT2D eigenvalue weighted by molar-refractivity contribution is -0.137. The molecule has 0 amide bonds. The number of rotatable bonds is 3. The molecule has 2 aromatic rings. The molecule has 17 heavy (non-hydrogen) atoms. The number of fused-ring (bicyclic) bond motifs is 1. The minimum Gasteiger partial charge on any atom is -0.481 e. The smallest absolute Gasteiger partial charge is 0.419 e. The summed E-state index contributed by atoms with van der Waals surface area (Å²) in [5, 5.41) is 8.39. The van der Waals surface area contributed by atoms with Gasteiger partial charge in [-0.3, -0.25) is 9.36 Å². The Labute approximate surface area is 99.0 Å². The normalized spacial score (nSPS) is 10.9. The number of aryl methyl sites for hydroxylation is 1. The minimum atomic E-state index is -1.04. The van der Waals surface area contributed by atoms with Crippen LogP contribution < -0.4 is 5.76 Å². The SMILES string of the molecule is O=C(O)CCn1c(=O)oc2cc(F)c(Cl)cc21. The summed E-state index contributed by atoms with van der Waals surface area (Å²) in [6.45, 7) is -0.0525. The molecule has 0 radical (unpaired) electrons. The van der Waals surface area contributed by atoms with Gasteiger partial charge in [-0.05, 0) is 6.07 Å². The zero-order valence-electron chi connectivity index (χ0n) is 8.44. The third-order valence-electron chi connectivity index (χ3n) is 2.26. The fourth-order valence-electron chi connectivity index (χ4n) is 1.48. The van der Waals surface area contributed by atoms with E-state index in [1.807, 2.05) is 0 Å². The van der Waals surface area contributed by atoms with E-state index < -0.39 is 17.5 Å². The molecule has 0 aliphatic rings. The highest BCUT2D eigenvalue weighted by atomic mass is 35.5. The van der Waals surface area contributed by atoms with Gasteiger partial charge in [-0.15, -0.1) is 0 Å². The second-order valence-electron chi connectivity index (χ2n) is 3.40. The molecular formula is C10H7ClFNO4. The van der Waals surface area contributed by atoms with Crippen molar-refractivity contribution in [1.29, 1.82) is 0 Å². The Kier molecular flexibility index (Phi) is 2.89. The van der Waals surface area contributed by atoms with Crippen molar-refractivity contribution in [3.8, 4) is 0 Å². The summed E-state index contributed by atoms with van der Waals surface area (Å²) in [5.74, 6) is -2.47. The summed E-state index contributed by atoms with van der Waals surface area (Å²) < 4.78 is 19.0. The molecule has 0 aliphatic carbocycles. The molecule has 0 bridgehead atoms. The first-order chi connectivity index (χ1) is 7.99. The third kappa shape index (κ3) is 2.16. The molecule has 0 unspecified atom stereocenters. The number of halogens is 2. The highest BCUT2D eigenvalue weighted by Crippen LogP contribution is 2.22. The number of oxazole rings is 1. The van der Waals surface area contributed by atoms with Crippen LogP contribution in [-0.4, -0.2) is 15.6 Å². The van der Waals surface area contributed by atoms with Gasteiger partial charge in [0.05, 0.1) is 17.0 Å². The molecule has 1 heterocycles. The van der Waals surface area contributed by atoms with Gasteiger partial charge in [0.1, 0.15) is 5.82 Å². The predicted octanol–water partition coefficient (Wildman–Crippen LogP) is 1.86. The average Bonchev–Trinajstić information content (AvgIpc) is 2.52. The van der Waals surface area contributed by atoms with Gasteiger partial charge in [-0.1, -0.05) is 11.6 Å². The van der Waals surface area contributed by atoms with Crippen molar-refractivity contribution in [1.82, 2.24) is 4.57 Å². The molecule has 0 spiro atoms. The van der Waals surface area contributed by atoms with Crippen molar-refractivity contribution in [2.45, 2.75) is 13.0 Å². The van der Waals surface area contributed by atoms with Crippen molar-refractivity contribution < 1.29 is 18.7 Å². The largest absolute Gasteiger partial charge is 0.481 e. The summed E-state index contributed by atoms with van der Waals surface area (Å²) >= 11 is 5.58. The van der Waals surface area contributed by atoms with Crippen LogP contribution in [0.2, 0.25) is 5.02 Å². The number of carboxylic acids is 1. The third-order valence-corrected chi connectivity index (χ3v) is 2.55. The molecule has 2 rings (SSSR count). The van der Waals surface area contributed by atoms with Crippen molar-refractivity contribution >= 4 is 28.7 Å². The van der Waals surface area contributed by atoms with Gasteiger partial charge in [-0.2, -0.15) is 0 Å². The Hall–Kier alpha value is -1.82. The lowest BCUT2D eigenvalue weighted by Crippen LogP contribution is -2.16. The van der Waals surface area contributed by atoms with Gasteiger partial charge < -0.3 is 9.52 Å². The molecule has 1 aromatic carbocycles. The average molecular weight is 260 g/mol. The number of benzene rings is 1. The van der Waals surface area contributed by atoms with E-state index in [0.717, 1.165) is 10.6 Å². The molecule has 0 saturated heterocycles. The van der Waals surface area contributed by atoms with E-state index in [4.69, 9.17) is 21.1 Å². The van der Waals surface area contributed by atoms with E-state index >= 15 is 0 Å². The fourth-order valence-corrected chi connectivity index (χ4v) is 1.64. The van der Waals surface area contributed by atoms with Crippen LogP contribution in [-0.2, 0) is 11.3 Å². The summed E-state index contributed by atoms with van der Waals surface area (Å²) in [6.07, 6.45) is -0.233. The fraction of sp³-hybridized carbons (Fsp3) is 0.200. The van der Waals surface area contributed by atoms with E-state index in [-0.39, 0.29) is 29.1 Å². The van der Waals surface area contributed by atoms with E-state index in [1.54, 1.807) is 0 Å². The summed E-state index contributed by atoms with van der Waals surface area (Å²) in [6, 6.07) is 2.23. The quantitative estimate of drug-likeness (QED) is 0.913. The lowest BCUT2D eigenvalue weighted by Gasteiger charge is -1.99. The Bertz CT molecular complexity index is 646. The molecular weight excluding hydrogens is 253 g/mol. The number of nitrogens with zero attached hydrogens (tertiary/aromatic N) is 1. The molecule has 7 heteroatoms. The van der Waals surface area contributed by atoms with Crippen LogP contribution in [0.1, 0.15) is 6.42 Å². The number of hydrogen-bond donors (Lipinski definition) is 1. The van der Waals surface area contributed by atoms with E-state index in [1.165, 1.54) is 6.07 Å². The number of aromatic nitrogens is 1. The topological polar surface area (TPSA) is 72.4 Å². The summed E-state index contributed by atoms with van der Waals surface area (Å²) in [5.41, 5.74) is 0.324. The zero-order valence-corrected chi connectivity index (χ0v) is 9.20. The molecule has 1 N–H and O–H groups in total. The zero-order chi connectivity index (χ0) is 12.6. The van der Waals surface area contributed by atoms with Crippen LogP contribution in [0.5, 0.6) is 0 Å². The maximum Gasteiger partial charge on any atom is 0.419 e. The van der Waals surface area contributed by atoms with E-state index in [9.17, 15) is 14.0 Å². The van der Waals surface area contributed by atoms with Gasteiger partial charge in [0, 0.05) is 12.6 Å². The molecule has 0 atom stereocenters. The van der Waals surface area contributed by atoms with Crippen molar-refractivity contribution in [3.05, 3.63) is 33.5 Å². The van der Waals surface area contributed by atoms with Gasteiger partial charge >= 0.3 is 11.7 Å². The molecule has 90 valence electrons. The first-order valence-corrected chi connectivity index (χ1v) is 5.07. The first kappa shape index (κ1) is 11.7. The number of hydrogen-bond acceptors (Lipinski definition) is 3. The highest BCUT2D eigenvalue weighted by molar-refractivity contribution is 6.31. The van der Waals surface area contributed by atoms with E-state index in [0.29, 0.717) is 0 Å². The number of carboxylic acid groups (broad SMARTS) is 1. The molecule has 5 nitrogen and oxygen atoms in total. The summed E-state index contributed by atoms with van der Waals surface area (Å²) in [7, 11) is 0. The standard InChI is InChI=1S/C10H7ClFNO4/c11-5-3-7-8(4-6(5)12)17-10(16)13(7)2-1-9(14)15/h3-4H,1-2H2,(H,14,15). The van der Waals surface area contributed by atoms with Crippen LogP contribution in [0, 0.1) is 5.82 Å². The van der Waals surface area contributed by atoms with Crippen molar-refractivity contribution in [3.63, 3.8) is 0 Å². The van der Waals surface area contributed by atoms with Gasteiger partial charge in [0.25, 0.3) is 0 Å². The van der Waals surface area contributed by atoms with Gasteiger partial charge in [0.15, 0.2) is 5.58 Å². The monoisotopic (exact) mass is 259 g/mol. The molecule has 0 saturated carbocycles. The van der Waals surface area contributed by atoms with Crippen LogP contribution in [0.15, 0.2) is 21.3 Å². The Morgan fingerprint density at radius 1 is 1.53 bits per heavy atom. The van der Waals surface area contributed by atoms with Crippen LogP contribution in [0.25, 0.3) is 11.1 Å². The molecule has 1 aromatic heterocycles. The van der Waals surface area contributed by atoms with Gasteiger partial charge in [-0.25, -0.2) is 9.18 Å². The van der Waals surface area contributed by atoms with Crippen LogP contribution in [0.4, 0.5) is 4.39 Å². The highest BCUT2D eigenvalue weighted by Gasteiger charge is 2.13. The second kappa shape index (κ2) is 4.21. The van der Waals surface area contributed by atoms with Crippen molar-refractivity contribution in [2.75, 3.05) is 0 Å². The van der Waals surface area contributed by atoms with Crippen LogP contribution in [0.3, 0.4) is 0 Å². The maximum atomic E-state index is 13.1. The number of aliphatic carboxylic acids is 1. The van der Waals surface area contributed by atoms with Gasteiger partial charge in [0.2, 0.25) is 0 Å². The molecule has 0 aliphatic heterocycles. The summed E-state index contributed by atoms with van der Waals surface area (Å²) in [4.78, 5) is 21.8. The molecule has 0 fully saturated rings. The Morgan fingerprint density at radius 2 is 2.24 bits per heavy atom. The van der Waals surface area contributed by atoms with Crippen molar-refractivity contribution in [2.24, 2.45) is 0 Å².